The van der Waals surface area contributed by atoms with Gasteiger partial charge in [0.25, 0.3) is 0 Å². The first-order valence-corrected chi connectivity index (χ1v) is 3.30. The molecule has 0 aromatic rings. The van der Waals surface area contributed by atoms with Crippen LogP contribution in [0.3, 0.4) is 0 Å². The smallest absolute Gasteiger partial charge is 0.0145 e. The lowest BCUT2D eigenvalue weighted by Crippen LogP contribution is -2.06. The molecule has 0 spiro atoms. The van der Waals surface area contributed by atoms with E-state index in [-0.39, 0.29) is 0 Å². The van der Waals surface area contributed by atoms with E-state index >= 15 is 0 Å². The van der Waals surface area contributed by atoms with Gasteiger partial charge in [0.2, 0.25) is 0 Å². The van der Waals surface area contributed by atoms with Crippen molar-refractivity contribution in [2.75, 3.05) is 0 Å². The average molecular weight is 110 g/mol. The highest BCUT2D eigenvalue weighted by molar-refractivity contribution is 5.14. The fourth-order valence-electron chi connectivity index (χ4n) is 1.12. The molecule has 0 fully saturated rings. The normalized spacial score (nSPS) is 25.6. The van der Waals surface area contributed by atoms with Gasteiger partial charge in [-0.3, -0.25) is 0 Å². The van der Waals surface area contributed by atoms with Gasteiger partial charge in [0, 0.05) is 0 Å². The Morgan fingerprint density at radius 2 is 2.12 bits per heavy atom. The van der Waals surface area contributed by atoms with Crippen LogP contribution in [0.1, 0.15) is 33.6 Å². The molecule has 0 heterocycles. The Hall–Kier alpha value is -0.260. The summed E-state index contributed by atoms with van der Waals surface area (Å²) in [6.07, 6.45) is 4.98. The molecule has 46 valence electrons. The maximum atomic E-state index is 2.35. The predicted molar refractivity (Wildman–Crippen MR) is 36.8 cm³/mol. The zero-order chi connectivity index (χ0) is 6.20. The Kier molecular flexibility index (Phi) is 1.18. The molecule has 0 aromatic carbocycles. The Morgan fingerprint density at radius 1 is 1.50 bits per heavy atom. The summed E-state index contributed by atoms with van der Waals surface area (Å²) < 4.78 is 0. The van der Waals surface area contributed by atoms with Crippen molar-refractivity contribution in [3.05, 3.63) is 11.6 Å². The Morgan fingerprint density at radius 3 is 2.25 bits per heavy atom. The van der Waals surface area contributed by atoms with Crippen molar-refractivity contribution < 1.29 is 0 Å². The van der Waals surface area contributed by atoms with E-state index in [9.17, 15) is 0 Å². The van der Waals surface area contributed by atoms with Crippen LogP contribution < -0.4 is 0 Å². The van der Waals surface area contributed by atoms with Gasteiger partial charge in [0.15, 0.2) is 0 Å². The molecular formula is C8H14. The number of rotatable bonds is 0. The highest BCUT2D eigenvalue weighted by atomic mass is 14.3. The summed E-state index contributed by atoms with van der Waals surface area (Å²) in [7, 11) is 0. The fourth-order valence-corrected chi connectivity index (χ4v) is 1.12. The average Bonchev–Trinajstić information content (AvgIpc) is 1.86. The summed E-state index contributed by atoms with van der Waals surface area (Å²) in [6.45, 7) is 6.85. The van der Waals surface area contributed by atoms with Gasteiger partial charge in [-0.1, -0.05) is 25.5 Å². The molecule has 0 nitrogen and oxygen atoms in total. The van der Waals surface area contributed by atoms with Gasteiger partial charge >= 0.3 is 0 Å². The third kappa shape index (κ3) is 0.795. The number of hydrogen-bond donors (Lipinski definition) is 0. The van der Waals surface area contributed by atoms with E-state index < -0.39 is 0 Å². The minimum atomic E-state index is 0.514. The van der Waals surface area contributed by atoms with Crippen molar-refractivity contribution in [1.82, 2.24) is 0 Å². The monoisotopic (exact) mass is 110 g/mol. The largest absolute Gasteiger partial charge is 0.0850 e. The van der Waals surface area contributed by atoms with Gasteiger partial charge in [0.1, 0.15) is 0 Å². The molecular weight excluding hydrogens is 96.1 g/mol. The first kappa shape index (κ1) is 5.87. The lowest BCUT2D eigenvalue weighted by Gasteiger charge is -2.18. The highest BCUT2D eigenvalue weighted by Gasteiger charge is 2.22. The molecule has 1 rings (SSSR count). The second-order valence-corrected chi connectivity index (χ2v) is 3.31. The molecule has 0 heteroatoms. The maximum absolute atomic E-state index is 2.35. The maximum Gasteiger partial charge on any atom is -0.0145 e. The third-order valence-electron chi connectivity index (χ3n) is 2.29. The van der Waals surface area contributed by atoms with Gasteiger partial charge in [0.05, 0.1) is 0 Å². The van der Waals surface area contributed by atoms with Crippen LogP contribution in [0.25, 0.3) is 0 Å². The van der Waals surface area contributed by atoms with Crippen molar-refractivity contribution in [1.29, 1.82) is 0 Å². The minimum Gasteiger partial charge on any atom is -0.0850 e. The molecule has 0 radical (unpaired) electrons. The van der Waals surface area contributed by atoms with Gasteiger partial charge in [-0.05, 0) is 25.2 Å². The van der Waals surface area contributed by atoms with Crippen molar-refractivity contribution in [3.63, 3.8) is 0 Å². The van der Waals surface area contributed by atoms with Crippen molar-refractivity contribution in [2.45, 2.75) is 33.6 Å². The first-order chi connectivity index (χ1) is 3.63. The van der Waals surface area contributed by atoms with E-state index in [0.29, 0.717) is 5.41 Å². The summed E-state index contributed by atoms with van der Waals surface area (Å²) in [6, 6.07) is 0. The zero-order valence-electron chi connectivity index (χ0n) is 5.99. The number of allylic oxidation sites excluding steroid dienone is 2. The van der Waals surface area contributed by atoms with Crippen LogP contribution in [0.2, 0.25) is 0 Å². The topological polar surface area (TPSA) is 0 Å². The summed E-state index contributed by atoms with van der Waals surface area (Å²) in [5.41, 5.74) is 2.08. The van der Waals surface area contributed by atoms with Gasteiger partial charge < -0.3 is 0 Å². The quantitative estimate of drug-likeness (QED) is 0.420. The summed E-state index contributed by atoms with van der Waals surface area (Å²) in [5, 5.41) is 0. The van der Waals surface area contributed by atoms with E-state index in [1.807, 2.05) is 0 Å². The van der Waals surface area contributed by atoms with Crippen LogP contribution in [0.15, 0.2) is 11.6 Å². The molecule has 1 aliphatic carbocycles. The van der Waals surface area contributed by atoms with Gasteiger partial charge in [-0.2, -0.15) is 0 Å². The van der Waals surface area contributed by atoms with Crippen molar-refractivity contribution in [3.8, 4) is 0 Å². The molecule has 0 aliphatic heterocycles. The van der Waals surface area contributed by atoms with E-state index in [0.717, 1.165) is 0 Å². The first-order valence-electron chi connectivity index (χ1n) is 3.30. The highest BCUT2D eigenvalue weighted by Crippen LogP contribution is 2.36. The van der Waals surface area contributed by atoms with Crippen LogP contribution in [0.5, 0.6) is 0 Å². The minimum absolute atomic E-state index is 0.514. The second kappa shape index (κ2) is 1.61. The Bertz CT molecular complexity index is 118. The van der Waals surface area contributed by atoms with Gasteiger partial charge in [-0.15, -0.1) is 0 Å². The molecule has 0 atom stereocenters. The van der Waals surface area contributed by atoms with Crippen LogP contribution in [-0.4, -0.2) is 0 Å². The molecule has 8 heavy (non-hydrogen) atoms. The molecule has 0 N–H and O–H groups in total. The fraction of sp³-hybridized carbons (Fsp3) is 0.750. The second-order valence-electron chi connectivity index (χ2n) is 3.31. The molecule has 0 unspecified atom stereocenters. The molecule has 0 saturated heterocycles. The number of hydrogen-bond acceptors (Lipinski definition) is 0. The predicted octanol–water partition coefficient (Wildman–Crippen LogP) is 2.75. The molecule has 0 aromatic heterocycles. The summed E-state index contributed by atoms with van der Waals surface area (Å²) in [5.74, 6) is 0. The Labute approximate surface area is 51.6 Å². The van der Waals surface area contributed by atoms with E-state index in [1.54, 1.807) is 5.57 Å². The van der Waals surface area contributed by atoms with Crippen molar-refractivity contribution >= 4 is 0 Å². The molecule has 0 bridgehead atoms. The lowest BCUT2D eigenvalue weighted by atomic mass is 9.87. The third-order valence-corrected chi connectivity index (χ3v) is 2.29. The van der Waals surface area contributed by atoms with Crippen LogP contribution in [0.4, 0.5) is 0 Å². The van der Waals surface area contributed by atoms with Crippen LogP contribution in [-0.2, 0) is 0 Å². The van der Waals surface area contributed by atoms with E-state index in [1.165, 1.54) is 12.8 Å². The van der Waals surface area contributed by atoms with Crippen LogP contribution in [0, 0.1) is 5.41 Å². The van der Waals surface area contributed by atoms with E-state index in [2.05, 4.69) is 26.8 Å². The summed E-state index contributed by atoms with van der Waals surface area (Å²) in [4.78, 5) is 0. The van der Waals surface area contributed by atoms with E-state index in [4.69, 9.17) is 0 Å². The summed E-state index contributed by atoms with van der Waals surface area (Å²) >= 11 is 0. The Balaban J connectivity index is 2.73. The standard InChI is InChI=1S/C8H14/c1-7-5-4-6-8(7,2)3/h5H,4,6H2,1-3H3. The molecule has 1 aliphatic rings. The zero-order valence-corrected chi connectivity index (χ0v) is 5.99. The SMILES string of the molecule is CC1=CCCC1(C)C. The molecule has 0 saturated carbocycles. The van der Waals surface area contributed by atoms with Crippen LogP contribution >= 0.6 is 0 Å². The molecule has 0 amide bonds. The van der Waals surface area contributed by atoms with Gasteiger partial charge in [-0.25, -0.2) is 0 Å². The lowest BCUT2D eigenvalue weighted by molar-refractivity contribution is 0.443. The van der Waals surface area contributed by atoms with Crippen molar-refractivity contribution in [2.24, 2.45) is 5.41 Å².